The van der Waals surface area contributed by atoms with Gasteiger partial charge in [-0.15, -0.1) is 0 Å². The zero-order valence-electron chi connectivity index (χ0n) is 11.8. The first-order valence-corrected chi connectivity index (χ1v) is 6.94. The highest BCUT2D eigenvalue weighted by atomic mass is 16.6. The van der Waals surface area contributed by atoms with Crippen molar-refractivity contribution in [2.45, 2.75) is 44.6 Å². The number of para-hydroxylation sites is 1. The molecule has 1 fully saturated rings. The topological polar surface area (TPSA) is 86.5 Å². The predicted octanol–water partition coefficient (Wildman–Crippen LogP) is 2.75. The number of hydrogen-bond acceptors (Lipinski definition) is 5. The summed E-state index contributed by atoms with van der Waals surface area (Å²) < 4.78 is 5.21. The Labute approximate surface area is 122 Å². The highest BCUT2D eigenvalue weighted by molar-refractivity contribution is 5.87. The molecule has 0 amide bonds. The SMILES string of the molecule is CC1CC(c2ccccc2[N+](=O)[O-])C(=O)CCCC(=O)O1. The molecule has 0 spiro atoms. The third kappa shape index (κ3) is 3.65. The maximum Gasteiger partial charge on any atom is 0.306 e. The Bertz CT molecular complexity index is 569. The van der Waals surface area contributed by atoms with E-state index in [-0.39, 0.29) is 36.7 Å². The molecule has 112 valence electrons. The van der Waals surface area contributed by atoms with Crippen LogP contribution in [-0.4, -0.2) is 22.8 Å². The number of Topliss-reactive ketones (excluding diaryl/α,β-unsaturated/α-hetero) is 1. The van der Waals surface area contributed by atoms with Crippen LogP contribution in [-0.2, 0) is 14.3 Å². The molecule has 2 atom stereocenters. The first kappa shape index (κ1) is 15.2. The quantitative estimate of drug-likeness (QED) is 0.475. The molecule has 1 heterocycles. The summed E-state index contributed by atoms with van der Waals surface area (Å²) in [7, 11) is 0. The highest BCUT2D eigenvalue weighted by Gasteiger charge is 2.30. The fourth-order valence-corrected chi connectivity index (χ4v) is 2.62. The molecule has 21 heavy (non-hydrogen) atoms. The van der Waals surface area contributed by atoms with Crippen LogP contribution < -0.4 is 0 Å². The van der Waals surface area contributed by atoms with Gasteiger partial charge in [-0.25, -0.2) is 0 Å². The molecule has 1 saturated heterocycles. The third-order valence-electron chi connectivity index (χ3n) is 3.60. The molecule has 0 saturated carbocycles. The molecule has 1 aliphatic rings. The van der Waals surface area contributed by atoms with Gasteiger partial charge in [-0.05, 0) is 19.8 Å². The van der Waals surface area contributed by atoms with Crippen molar-refractivity contribution in [2.24, 2.45) is 0 Å². The van der Waals surface area contributed by atoms with Gasteiger partial charge in [-0.2, -0.15) is 0 Å². The number of carbonyl (C=O) groups excluding carboxylic acids is 2. The minimum absolute atomic E-state index is 0.0615. The van der Waals surface area contributed by atoms with Crippen LogP contribution in [0.2, 0.25) is 0 Å². The maximum atomic E-state index is 12.4. The number of nitro benzene ring substituents is 1. The Morgan fingerprint density at radius 2 is 1.95 bits per heavy atom. The summed E-state index contributed by atoms with van der Waals surface area (Å²) in [6, 6.07) is 6.25. The Hall–Kier alpha value is -2.24. The molecule has 2 rings (SSSR count). The summed E-state index contributed by atoms with van der Waals surface area (Å²) in [6.45, 7) is 1.71. The van der Waals surface area contributed by atoms with Crippen LogP contribution in [0.3, 0.4) is 0 Å². The van der Waals surface area contributed by atoms with Crippen molar-refractivity contribution in [2.75, 3.05) is 0 Å². The molecule has 6 nitrogen and oxygen atoms in total. The lowest BCUT2D eigenvalue weighted by Gasteiger charge is -2.19. The lowest BCUT2D eigenvalue weighted by atomic mass is 9.87. The smallest absolute Gasteiger partial charge is 0.306 e. The Morgan fingerprint density at radius 3 is 2.67 bits per heavy atom. The molecule has 1 aliphatic heterocycles. The Balaban J connectivity index is 2.36. The van der Waals surface area contributed by atoms with E-state index >= 15 is 0 Å². The second-order valence-corrected chi connectivity index (χ2v) is 5.22. The zero-order chi connectivity index (χ0) is 15.4. The van der Waals surface area contributed by atoms with Crippen molar-refractivity contribution in [1.29, 1.82) is 0 Å². The molecular formula is C15H17NO5. The monoisotopic (exact) mass is 291 g/mol. The van der Waals surface area contributed by atoms with Crippen molar-refractivity contribution < 1.29 is 19.2 Å². The van der Waals surface area contributed by atoms with Crippen LogP contribution in [0.25, 0.3) is 0 Å². The molecule has 2 unspecified atom stereocenters. The van der Waals surface area contributed by atoms with Gasteiger partial charge in [0.2, 0.25) is 0 Å². The summed E-state index contributed by atoms with van der Waals surface area (Å²) in [5.74, 6) is -1.000. The molecule has 1 aromatic carbocycles. The van der Waals surface area contributed by atoms with E-state index in [0.29, 0.717) is 12.0 Å². The van der Waals surface area contributed by atoms with Crippen molar-refractivity contribution >= 4 is 17.4 Å². The van der Waals surface area contributed by atoms with Gasteiger partial charge in [0.15, 0.2) is 0 Å². The number of cyclic esters (lactones) is 1. The van der Waals surface area contributed by atoms with E-state index in [1.54, 1.807) is 25.1 Å². The minimum atomic E-state index is -0.604. The average molecular weight is 291 g/mol. The largest absolute Gasteiger partial charge is 0.463 e. The van der Waals surface area contributed by atoms with Gasteiger partial charge in [0.05, 0.1) is 10.8 Å². The molecule has 0 aliphatic carbocycles. The number of nitro groups is 1. The normalized spacial score (nSPS) is 23.7. The number of benzene rings is 1. The summed E-state index contributed by atoms with van der Waals surface area (Å²) in [5.41, 5.74) is 0.339. The van der Waals surface area contributed by atoms with Crippen LogP contribution in [0, 0.1) is 10.1 Å². The number of nitrogens with zero attached hydrogens (tertiary/aromatic N) is 1. The van der Waals surface area contributed by atoms with E-state index in [1.165, 1.54) is 6.07 Å². The van der Waals surface area contributed by atoms with Crippen molar-refractivity contribution in [3.05, 3.63) is 39.9 Å². The average Bonchev–Trinajstić information content (AvgIpc) is 2.49. The third-order valence-corrected chi connectivity index (χ3v) is 3.60. The van der Waals surface area contributed by atoms with E-state index < -0.39 is 16.9 Å². The zero-order valence-corrected chi connectivity index (χ0v) is 11.8. The number of esters is 1. The fourth-order valence-electron chi connectivity index (χ4n) is 2.62. The summed E-state index contributed by atoms with van der Waals surface area (Å²) in [6.07, 6.45) is 0.694. The van der Waals surface area contributed by atoms with Gasteiger partial charge in [-0.1, -0.05) is 18.2 Å². The van der Waals surface area contributed by atoms with Crippen molar-refractivity contribution in [3.63, 3.8) is 0 Å². The van der Waals surface area contributed by atoms with E-state index in [4.69, 9.17) is 4.74 Å². The number of rotatable bonds is 2. The standard InChI is InChI=1S/C15H17NO5/c1-10-9-12(14(17)7-4-8-15(18)21-10)11-5-2-3-6-13(11)16(19)20/h2-3,5-6,10,12H,4,7-9H2,1H3. The minimum Gasteiger partial charge on any atom is -0.463 e. The number of carbonyl (C=O) groups is 2. The van der Waals surface area contributed by atoms with Gasteiger partial charge in [0.1, 0.15) is 11.9 Å². The second kappa shape index (κ2) is 6.47. The molecule has 0 bridgehead atoms. The van der Waals surface area contributed by atoms with Gasteiger partial charge in [0, 0.05) is 24.5 Å². The Kier molecular flexibility index (Phi) is 4.67. The number of hydrogen-bond donors (Lipinski definition) is 0. The highest BCUT2D eigenvalue weighted by Crippen LogP contribution is 2.33. The molecule has 0 radical (unpaired) electrons. The molecule has 0 aromatic heterocycles. The van der Waals surface area contributed by atoms with Crippen LogP contribution in [0.1, 0.15) is 44.1 Å². The van der Waals surface area contributed by atoms with Gasteiger partial charge < -0.3 is 4.74 Å². The number of ketones is 1. The van der Waals surface area contributed by atoms with Gasteiger partial charge >= 0.3 is 5.97 Å². The molecule has 0 N–H and O–H groups in total. The Morgan fingerprint density at radius 1 is 1.24 bits per heavy atom. The number of ether oxygens (including phenoxy) is 1. The van der Waals surface area contributed by atoms with Gasteiger partial charge in [0.25, 0.3) is 5.69 Å². The first-order chi connectivity index (χ1) is 9.99. The predicted molar refractivity (Wildman–Crippen MR) is 74.9 cm³/mol. The van der Waals surface area contributed by atoms with E-state index in [1.807, 2.05) is 0 Å². The maximum absolute atomic E-state index is 12.4. The lowest BCUT2D eigenvalue weighted by molar-refractivity contribution is -0.385. The van der Waals surface area contributed by atoms with Crippen molar-refractivity contribution in [3.8, 4) is 0 Å². The summed E-state index contributed by atoms with van der Waals surface area (Å²) >= 11 is 0. The molecular weight excluding hydrogens is 274 g/mol. The van der Waals surface area contributed by atoms with Crippen LogP contribution in [0.15, 0.2) is 24.3 Å². The fraction of sp³-hybridized carbons (Fsp3) is 0.467. The van der Waals surface area contributed by atoms with E-state index in [0.717, 1.165) is 0 Å². The first-order valence-electron chi connectivity index (χ1n) is 6.94. The van der Waals surface area contributed by atoms with Crippen LogP contribution >= 0.6 is 0 Å². The van der Waals surface area contributed by atoms with Crippen LogP contribution in [0.5, 0.6) is 0 Å². The van der Waals surface area contributed by atoms with Gasteiger partial charge in [-0.3, -0.25) is 19.7 Å². The van der Waals surface area contributed by atoms with Crippen molar-refractivity contribution in [1.82, 2.24) is 0 Å². The molecule has 6 heteroatoms. The summed E-state index contributed by atoms with van der Waals surface area (Å²) in [5, 5.41) is 11.1. The summed E-state index contributed by atoms with van der Waals surface area (Å²) in [4.78, 5) is 34.5. The van der Waals surface area contributed by atoms with E-state index in [9.17, 15) is 19.7 Å². The lowest BCUT2D eigenvalue weighted by Crippen LogP contribution is -2.20. The molecule has 1 aromatic rings. The van der Waals surface area contributed by atoms with E-state index in [2.05, 4.69) is 0 Å². The van der Waals surface area contributed by atoms with Crippen LogP contribution in [0.4, 0.5) is 5.69 Å². The second-order valence-electron chi connectivity index (χ2n) is 5.22.